The highest BCUT2D eigenvalue weighted by Gasteiger charge is 2.11. The normalized spacial score (nSPS) is 12.7. The average Bonchev–Trinajstić information content (AvgIpc) is 2.67. The van der Waals surface area contributed by atoms with Crippen molar-refractivity contribution in [1.29, 1.82) is 0 Å². The van der Waals surface area contributed by atoms with Crippen LogP contribution < -0.4 is 5.73 Å². The maximum Gasteiger partial charge on any atom is 0.190 e. The number of halogens is 1. The van der Waals surface area contributed by atoms with E-state index in [-0.39, 0.29) is 6.04 Å². The molecule has 0 radical (unpaired) electrons. The molecule has 17 heavy (non-hydrogen) atoms. The van der Waals surface area contributed by atoms with Crippen LogP contribution in [-0.4, -0.2) is 14.8 Å². The fourth-order valence-corrected chi connectivity index (χ4v) is 2.80. The van der Waals surface area contributed by atoms with Gasteiger partial charge in [0, 0.05) is 22.5 Å². The highest BCUT2D eigenvalue weighted by Crippen LogP contribution is 2.32. The summed E-state index contributed by atoms with van der Waals surface area (Å²) in [5.74, 6) is 0. The molecular formula is C11H13BrN4S. The second-order valence-electron chi connectivity index (χ2n) is 3.74. The molecule has 1 aromatic carbocycles. The summed E-state index contributed by atoms with van der Waals surface area (Å²) in [6.45, 7) is 1.97. The van der Waals surface area contributed by atoms with Crippen LogP contribution in [-0.2, 0) is 7.05 Å². The number of hydrogen-bond acceptors (Lipinski definition) is 4. The van der Waals surface area contributed by atoms with Gasteiger partial charge in [0.25, 0.3) is 0 Å². The summed E-state index contributed by atoms with van der Waals surface area (Å²) in [6, 6.07) is 6.08. The molecule has 0 saturated carbocycles. The largest absolute Gasteiger partial charge is 0.324 e. The van der Waals surface area contributed by atoms with Gasteiger partial charge in [0.15, 0.2) is 5.16 Å². The molecule has 90 valence electrons. The molecule has 4 nitrogen and oxygen atoms in total. The molecule has 6 heteroatoms. The summed E-state index contributed by atoms with van der Waals surface area (Å²) in [5, 5.41) is 4.90. The molecule has 0 aliphatic carbocycles. The fourth-order valence-electron chi connectivity index (χ4n) is 1.44. The Kier molecular flexibility index (Phi) is 3.86. The molecule has 0 spiro atoms. The van der Waals surface area contributed by atoms with Gasteiger partial charge in [-0.25, -0.2) is 9.67 Å². The van der Waals surface area contributed by atoms with E-state index in [1.54, 1.807) is 22.8 Å². The molecule has 0 fully saturated rings. The molecular weight excluding hydrogens is 300 g/mol. The van der Waals surface area contributed by atoms with Crippen molar-refractivity contribution in [3.63, 3.8) is 0 Å². The molecule has 0 bridgehead atoms. The number of nitrogens with zero attached hydrogens (tertiary/aromatic N) is 3. The smallest absolute Gasteiger partial charge is 0.190 e. The summed E-state index contributed by atoms with van der Waals surface area (Å²) < 4.78 is 2.78. The van der Waals surface area contributed by atoms with Crippen LogP contribution in [0.25, 0.3) is 0 Å². The van der Waals surface area contributed by atoms with Crippen molar-refractivity contribution >= 4 is 27.7 Å². The first-order valence-corrected chi connectivity index (χ1v) is 6.75. The van der Waals surface area contributed by atoms with Crippen molar-refractivity contribution in [2.45, 2.75) is 23.0 Å². The number of hydrogen-bond donors (Lipinski definition) is 1. The van der Waals surface area contributed by atoms with Crippen LogP contribution >= 0.6 is 27.7 Å². The monoisotopic (exact) mass is 312 g/mol. The number of aryl methyl sites for hydroxylation is 1. The third-order valence-electron chi connectivity index (χ3n) is 2.33. The molecule has 1 atom stereocenters. The van der Waals surface area contributed by atoms with E-state index in [4.69, 9.17) is 5.73 Å². The van der Waals surface area contributed by atoms with Crippen LogP contribution in [0.1, 0.15) is 18.5 Å². The summed E-state index contributed by atoms with van der Waals surface area (Å²) in [6.07, 6.45) is 1.55. The molecule has 1 heterocycles. The SMILES string of the molecule is CC(N)c1cc(Br)ccc1Sc1ncnn1C. The van der Waals surface area contributed by atoms with Gasteiger partial charge < -0.3 is 5.73 Å². The fraction of sp³-hybridized carbons (Fsp3) is 0.273. The minimum atomic E-state index is -0.0109. The van der Waals surface area contributed by atoms with Crippen molar-refractivity contribution in [2.24, 2.45) is 12.8 Å². The Bertz CT molecular complexity index is 524. The second-order valence-corrected chi connectivity index (χ2v) is 5.66. The Morgan fingerprint density at radius 1 is 1.47 bits per heavy atom. The van der Waals surface area contributed by atoms with Crippen LogP contribution in [0, 0.1) is 0 Å². The number of benzene rings is 1. The van der Waals surface area contributed by atoms with Crippen LogP contribution in [0.15, 0.2) is 39.1 Å². The molecule has 0 amide bonds. The van der Waals surface area contributed by atoms with E-state index in [2.05, 4.69) is 26.0 Å². The van der Waals surface area contributed by atoms with Crippen LogP contribution in [0.2, 0.25) is 0 Å². The minimum absolute atomic E-state index is 0.0109. The highest BCUT2D eigenvalue weighted by atomic mass is 79.9. The van der Waals surface area contributed by atoms with E-state index in [1.165, 1.54) is 0 Å². The minimum Gasteiger partial charge on any atom is -0.324 e. The van der Waals surface area contributed by atoms with Gasteiger partial charge in [-0.1, -0.05) is 15.9 Å². The van der Waals surface area contributed by atoms with Gasteiger partial charge in [-0.2, -0.15) is 5.10 Å². The molecule has 0 saturated heterocycles. The third-order valence-corrected chi connectivity index (χ3v) is 3.97. The van der Waals surface area contributed by atoms with Gasteiger partial charge in [0.2, 0.25) is 0 Å². The summed E-state index contributed by atoms with van der Waals surface area (Å²) in [4.78, 5) is 5.31. The molecule has 1 unspecified atom stereocenters. The first-order valence-electron chi connectivity index (χ1n) is 5.15. The Morgan fingerprint density at radius 2 is 2.24 bits per heavy atom. The number of nitrogens with two attached hydrogens (primary N) is 1. The molecule has 1 aromatic heterocycles. The van der Waals surface area contributed by atoms with Crippen LogP contribution in [0.4, 0.5) is 0 Å². The first kappa shape index (κ1) is 12.6. The van der Waals surface area contributed by atoms with E-state index in [0.29, 0.717) is 0 Å². The maximum absolute atomic E-state index is 5.97. The summed E-state index contributed by atoms with van der Waals surface area (Å²) in [5.41, 5.74) is 7.08. The van der Waals surface area contributed by atoms with Crippen molar-refractivity contribution < 1.29 is 0 Å². The molecule has 2 rings (SSSR count). The topological polar surface area (TPSA) is 56.7 Å². The van der Waals surface area contributed by atoms with Crippen molar-refractivity contribution in [3.8, 4) is 0 Å². The standard InChI is InChI=1S/C11H13BrN4S/c1-7(13)9-5-8(12)3-4-10(9)17-11-14-6-15-16(11)2/h3-7H,13H2,1-2H3. The van der Waals surface area contributed by atoms with Gasteiger partial charge in [0.1, 0.15) is 6.33 Å². The van der Waals surface area contributed by atoms with Crippen LogP contribution in [0.3, 0.4) is 0 Å². The molecule has 0 aliphatic heterocycles. The zero-order valence-corrected chi connectivity index (χ0v) is 12.0. The lowest BCUT2D eigenvalue weighted by molar-refractivity contribution is 0.684. The zero-order chi connectivity index (χ0) is 12.4. The van der Waals surface area contributed by atoms with Gasteiger partial charge in [-0.15, -0.1) is 0 Å². The van der Waals surface area contributed by atoms with Gasteiger partial charge in [-0.05, 0) is 42.4 Å². The Balaban J connectivity index is 2.36. The predicted octanol–water partition coefficient (Wildman–Crippen LogP) is 2.75. The summed E-state index contributed by atoms with van der Waals surface area (Å²) >= 11 is 5.03. The van der Waals surface area contributed by atoms with Gasteiger partial charge in [-0.3, -0.25) is 0 Å². The quantitative estimate of drug-likeness (QED) is 0.946. The number of aromatic nitrogens is 3. The van der Waals surface area contributed by atoms with Gasteiger partial charge >= 0.3 is 0 Å². The van der Waals surface area contributed by atoms with E-state index in [1.807, 2.05) is 32.2 Å². The number of rotatable bonds is 3. The zero-order valence-electron chi connectivity index (χ0n) is 9.59. The maximum atomic E-state index is 5.97. The van der Waals surface area contributed by atoms with Crippen molar-refractivity contribution in [3.05, 3.63) is 34.6 Å². The van der Waals surface area contributed by atoms with E-state index in [9.17, 15) is 0 Å². The average molecular weight is 313 g/mol. The Morgan fingerprint density at radius 3 is 2.82 bits per heavy atom. The van der Waals surface area contributed by atoms with Crippen LogP contribution in [0.5, 0.6) is 0 Å². The van der Waals surface area contributed by atoms with Crippen molar-refractivity contribution in [2.75, 3.05) is 0 Å². The Labute approximate surface area is 113 Å². The van der Waals surface area contributed by atoms with E-state index >= 15 is 0 Å². The van der Waals surface area contributed by atoms with Crippen molar-refractivity contribution in [1.82, 2.24) is 14.8 Å². The lowest BCUT2D eigenvalue weighted by Gasteiger charge is -2.12. The molecule has 0 aliphatic rings. The lowest BCUT2D eigenvalue weighted by Crippen LogP contribution is -2.06. The van der Waals surface area contributed by atoms with Gasteiger partial charge in [0.05, 0.1) is 0 Å². The molecule has 2 N–H and O–H groups in total. The van der Waals surface area contributed by atoms with E-state index in [0.717, 1.165) is 20.1 Å². The summed E-state index contributed by atoms with van der Waals surface area (Å²) in [7, 11) is 1.87. The first-order chi connectivity index (χ1) is 8.08. The highest BCUT2D eigenvalue weighted by molar-refractivity contribution is 9.10. The van der Waals surface area contributed by atoms with E-state index < -0.39 is 0 Å². The lowest BCUT2D eigenvalue weighted by atomic mass is 10.1. The third kappa shape index (κ3) is 2.88. The second kappa shape index (κ2) is 5.20. The predicted molar refractivity (Wildman–Crippen MR) is 71.9 cm³/mol. The Hall–Kier alpha value is -0.850. The molecule has 2 aromatic rings.